The van der Waals surface area contributed by atoms with Gasteiger partial charge in [0.25, 0.3) is 5.91 Å². The van der Waals surface area contributed by atoms with Crippen LogP contribution in [0.3, 0.4) is 0 Å². The molecule has 2 aromatic carbocycles. The average Bonchev–Trinajstić information content (AvgIpc) is 3.34. The van der Waals surface area contributed by atoms with Crippen LogP contribution in [0.1, 0.15) is 33.4 Å². The lowest BCUT2D eigenvalue weighted by molar-refractivity contribution is 0.0945. The van der Waals surface area contributed by atoms with Gasteiger partial charge in [-0.25, -0.2) is 0 Å². The Morgan fingerprint density at radius 3 is 2.55 bits per heavy atom. The predicted octanol–water partition coefficient (Wildman–Crippen LogP) is 4.21. The number of rotatable bonds is 6. The molecule has 4 aromatic rings. The van der Waals surface area contributed by atoms with E-state index >= 15 is 0 Å². The van der Waals surface area contributed by atoms with Gasteiger partial charge >= 0.3 is 0 Å². The van der Waals surface area contributed by atoms with E-state index in [4.69, 9.17) is 20.6 Å². The fourth-order valence-electron chi connectivity index (χ4n) is 2.90. The fraction of sp³-hybridized carbons (Fsp3) is 0.143. The van der Waals surface area contributed by atoms with Crippen molar-refractivity contribution in [2.75, 3.05) is 0 Å². The zero-order valence-electron chi connectivity index (χ0n) is 15.6. The van der Waals surface area contributed by atoms with E-state index in [2.05, 4.69) is 20.6 Å². The summed E-state index contributed by atoms with van der Waals surface area (Å²) < 4.78 is 10.5. The van der Waals surface area contributed by atoms with E-state index in [1.807, 2.05) is 30.3 Å². The summed E-state index contributed by atoms with van der Waals surface area (Å²) in [6.07, 6.45) is 0.559. The predicted molar refractivity (Wildman–Crippen MR) is 106 cm³/mol. The molecule has 0 aliphatic carbocycles. The number of nitrogens with one attached hydrogen (secondary N) is 1. The molecule has 1 amide bonds. The van der Waals surface area contributed by atoms with Gasteiger partial charge in [-0.1, -0.05) is 64.4 Å². The molecule has 0 unspecified atom stereocenters. The molecule has 0 saturated heterocycles. The Bertz CT molecular complexity index is 1120. The van der Waals surface area contributed by atoms with Crippen LogP contribution in [0.25, 0.3) is 11.3 Å². The first-order valence-electron chi connectivity index (χ1n) is 8.96. The summed E-state index contributed by atoms with van der Waals surface area (Å²) in [6, 6.07) is 16.9. The first kappa shape index (κ1) is 18.9. The molecule has 29 heavy (non-hydrogen) atoms. The van der Waals surface area contributed by atoms with Crippen molar-refractivity contribution in [3.05, 3.63) is 88.2 Å². The largest absolute Gasteiger partial charge is 0.360 e. The third-order valence-corrected chi connectivity index (χ3v) is 4.57. The number of hydrogen-bond acceptors (Lipinski definition) is 6. The SMILES string of the molecule is Cc1onc(-c2ccc(Cl)cc2)c1C(=O)NCc1nc(Cc2ccccc2)no1. The lowest BCUT2D eigenvalue weighted by atomic mass is 10.1. The van der Waals surface area contributed by atoms with Crippen molar-refractivity contribution < 1.29 is 13.8 Å². The summed E-state index contributed by atoms with van der Waals surface area (Å²) in [5, 5.41) is 11.4. The normalized spacial score (nSPS) is 10.8. The second-order valence-corrected chi connectivity index (χ2v) is 6.86. The Kier molecular flexibility index (Phi) is 5.39. The van der Waals surface area contributed by atoms with Crippen LogP contribution in [-0.4, -0.2) is 21.2 Å². The van der Waals surface area contributed by atoms with Crippen molar-refractivity contribution in [2.45, 2.75) is 19.9 Å². The standard InChI is InChI=1S/C21H17ClN4O3/c1-13-19(20(26-28-13)15-7-9-16(22)10-8-15)21(27)23-12-18-24-17(25-29-18)11-14-5-3-2-4-6-14/h2-10H,11-12H2,1H3,(H,23,27). The first-order chi connectivity index (χ1) is 14.1. The quantitative estimate of drug-likeness (QED) is 0.513. The summed E-state index contributed by atoms with van der Waals surface area (Å²) in [6.45, 7) is 1.79. The van der Waals surface area contributed by atoms with E-state index in [0.29, 0.717) is 40.2 Å². The topological polar surface area (TPSA) is 94.1 Å². The summed E-state index contributed by atoms with van der Waals surface area (Å²) in [4.78, 5) is 17.1. The van der Waals surface area contributed by atoms with Gasteiger partial charge < -0.3 is 14.4 Å². The molecule has 0 aliphatic heterocycles. The molecule has 1 N–H and O–H groups in total. The number of benzene rings is 2. The highest BCUT2D eigenvalue weighted by Crippen LogP contribution is 2.26. The maximum Gasteiger partial charge on any atom is 0.257 e. The number of nitrogens with zero attached hydrogens (tertiary/aromatic N) is 3. The first-order valence-corrected chi connectivity index (χ1v) is 9.34. The molecule has 146 valence electrons. The van der Waals surface area contributed by atoms with Gasteiger partial charge in [0.2, 0.25) is 5.89 Å². The van der Waals surface area contributed by atoms with Gasteiger partial charge in [-0.2, -0.15) is 4.98 Å². The van der Waals surface area contributed by atoms with Crippen molar-refractivity contribution in [1.82, 2.24) is 20.6 Å². The Morgan fingerprint density at radius 2 is 1.79 bits per heavy atom. The molecular weight excluding hydrogens is 392 g/mol. The van der Waals surface area contributed by atoms with Crippen molar-refractivity contribution in [1.29, 1.82) is 0 Å². The molecule has 0 saturated carbocycles. The number of carbonyl (C=O) groups excluding carboxylic acids is 1. The van der Waals surface area contributed by atoms with Crippen LogP contribution in [0.15, 0.2) is 63.6 Å². The number of amides is 1. The molecular formula is C21H17ClN4O3. The smallest absolute Gasteiger partial charge is 0.257 e. The Balaban J connectivity index is 1.44. The lowest BCUT2D eigenvalue weighted by Crippen LogP contribution is -2.23. The highest BCUT2D eigenvalue weighted by Gasteiger charge is 2.22. The minimum atomic E-state index is -0.337. The highest BCUT2D eigenvalue weighted by molar-refractivity contribution is 6.30. The maximum atomic E-state index is 12.7. The van der Waals surface area contributed by atoms with Crippen LogP contribution in [0.5, 0.6) is 0 Å². The highest BCUT2D eigenvalue weighted by atomic mass is 35.5. The van der Waals surface area contributed by atoms with Gasteiger partial charge in [0, 0.05) is 17.0 Å². The van der Waals surface area contributed by atoms with E-state index in [9.17, 15) is 4.79 Å². The molecule has 0 radical (unpaired) electrons. The molecule has 2 aromatic heterocycles. The Morgan fingerprint density at radius 1 is 1.03 bits per heavy atom. The summed E-state index contributed by atoms with van der Waals surface area (Å²) in [5.41, 5.74) is 2.62. The van der Waals surface area contributed by atoms with Crippen molar-refractivity contribution >= 4 is 17.5 Å². The van der Waals surface area contributed by atoms with Crippen molar-refractivity contribution in [3.63, 3.8) is 0 Å². The van der Waals surface area contributed by atoms with Gasteiger partial charge in [-0.3, -0.25) is 4.79 Å². The molecule has 7 nitrogen and oxygen atoms in total. The second-order valence-electron chi connectivity index (χ2n) is 6.42. The third-order valence-electron chi connectivity index (χ3n) is 4.32. The average molecular weight is 409 g/mol. The van der Waals surface area contributed by atoms with Crippen LogP contribution in [0.2, 0.25) is 5.02 Å². The lowest BCUT2D eigenvalue weighted by Gasteiger charge is -2.03. The van der Waals surface area contributed by atoms with Gasteiger partial charge in [0.15, 0.2) is 5.82 Å². The van der Waals surface area contributed by atoms with Gasteiger partial charge in [-0.05, 0) is 24.6 Å². The molecule has 0 bridgehead atoms. The second kappa shape index (κ2) is 8.28. The molecule has 8 heteroatoms. The summed E-state index contributed by atoms with van der Waals surface area (Å²) >= 11 is 5.93. The van der Waals surface area contributed by atoms with Crippen molar-refractivity contribution in [3.8, 4) is 11.3 Å². The minimum Gasteiger partial charge on any atom is -0.360 e. The van der Waals surface area contributed by atoms with Crippen LogP contribution in [0, 0.1) is 6.92 Å². The van der Waals surface area contributed by atoms with Gasteiger partial charge in [-0.15, -0.1) is 0 Å². The Hall–Kier alpha value is -3.45. The summed E-state index contributed by atoms with van der Waals surface area (Å²) in [7, 11) is 0. The number of carbonyl (C=O) groups is 1. The molecule has 2 heterocycles. The monoisotopic (exact) mass is 408 g/mol. The van der Waals surface area contributed by atoms with Crippen molar-refractivity contribution in [2.24, 2.45) is 0 Å². The number of halogens is 1. The molecule has 0 aliphatic rings. The van der Waals surface area contributed by atoms with Gasteiger partial charge in [0.05, 0.1) is 6.54 Å². The zero-order chi connectivity index (χ0) is 20.2. The third kappa shape index (κ3) is 4.35. The number of aromatic nitrogens is 3. The van der Waals surface area contributed by atoms with Crippen LogP contribution in [-0.2, 0) is 13.0 Å². The van der Waals surface area contributed by atoms with Crippen LogP contribution in [0.4, 0.5) is 0 Å². The molecule has 0 atom stereocenters. The van der Waals surface area contributed by atoms with E-state index in [1.165, 1.54) is 0 Å². The maximum absolute atomic E-state index is 12.7. The summed E-state index contributed by atoms with van der Waals surface area (Å²) in [5.74, 6) is 0.967. The van der Waals surface area contributed by atoms with E-state index in [0.717, 1.165) is 11.1 Å². The number of aryl methyl sites for hydroxylation is 1. The van der Waals surface area contributed by atoms with Crippen LogP contribution >= 0.6 is 11.6 Å². The van der Waals surface area contributed by atoms with Gasteiger partial charge in [0.1, 0.15) is 17.0 Å². The zero-order valence-corrected chi connectivity index (χ0v) is 16.3. The molecule has 0 fully saturated rings. The fourth-order valence-corrected chi connectivity index (χ4v) is 3.03. The molecule has 4 rings (SSSR count). The minimum absolute atomic E-state index is 0.102. The van der Waals surface area contributed by atoms with E-state index in [1.54, 1.807) is 31.2 Å². The molecule has 0 spiro atoms. The van der Waals surface area contributed by atoms with E-state index in [-0.39, 0.29) is 12.5 Å². The van der Waals surface area contributed by atoms with Crippen LogP contribution < -0.4 is 5.32 Å². The number of hydrogen-bond donors (Lipinski definition) is 1. The van der Waals surface area contributed by atoms with E-state index < -0.39 is 0 Å². The Labute approximate surface area is 171 Å².